The lowest BCUT2D eigenvalue weighted by atomic mass is 10.0. The summed E-state index contributed by atoms with van der Waals surface area (Å²) in [5.74, 6) is -2.19. The molecular formula is C21H29F2N3O3. The van der Waals surface area contributed by atoms with Gasteiger partial charge in [-0.1, -0.05) is 13.8 Å². The first-order valence-corrected chi connectivity index (χ1v) is 10.1. The van der Waals surface area contributed by atoms with E-state index in [1.165, 1.54) is 7.05 Å². The lowest BCUT2D eigenvalue weighted by Gasteiger charge is -2.41. The Morgan fingerprint density at radius 1 is 1.28 bits per heavy atom. The molecule has 3 rings (SSSR count). The zero-order valence-corrected chi connectivity index (χ0v) is 17.1. The molecule has 8 heteroatoms. The Hall–Kier alpha value is -2.38. The minimum absolute atomic E-state index is 0.227. The molecule has 1 atom stereocenters. The monoisotopic (exact) mass is 409 g/mol. The fourth-order valence-corrected chi connectivity index (χ4v) is 3.33. The highest BCUT2D eigenvalue weighted by atomic mass is 19.3. The predicted molar refractivity (Wildman–Crippen MR) is 107 cm³/mol. The van der Waals surface area contributed by atoms with Crippen molar-refractivity contribution in [2.75, 3.05) is 31.6 Å². The van der Waals surface area contributed by atoms with Crippen LogP contribution in [0, 0.1) is 11.8 Å². The van der Waals surface area contributed by atoms with Gasteiger partial charge < -0.3 is 20.3 Å². The molecule has 1 saturated carbocycles. The third-order valence-corrected chi connectivity index (χ3v) is 5.15. The van der Waals surface area contributed by atoms with Crippen LogP contribution in [-0.2, 0) is 4.79 Å². The molecule has 6 nitrogen and oxygen atoms in total. The van der Waals surface area contributed by atoms with Gasteiger partial charge in [0.2, 0.25) is 5.91 Å². The SMILES string of the molecule is CNC(=O)[C@H](CC(C)C)NC(=O)c1ccc(N2CC(F)(F)C2)c(OCC2CC2)c1. The van der Waals surface area contributed by atoms with Gasteiger partial charge in [-0.15, -0.1) is 0 Å². The molecule has 1 aromatic carbocycles. The van der Waals surface area contributed by atoms with Crippen molar-refractivity contribution in [1.82, 2.24) is 10.6 Å². The highest BCUT2D eigenvalue weighted by Gasteiger charge is 2.45. The molecule has 1 aliphatic heterocycles. The lowest BCUT2D eigenvalue weighted by molar-refractivity contribution is -0.122. The van der Waals surface area contributed by atoms with Crippen molar-refractivity contribution in [3.63, 3.8) is 0 Å². The molecule has 160 valence electrons. The molecule has 1 aliphatic carbocycles. The topological polar surface area (TPSA) is 70.7 Å². The number of halogens is 2. The van der Waals surface area contributed by atoms with Crippen molar-refractivity contribution >= 4 is 17.5 Å². The number of carbonyl (C=O) groups is 2. The first kappa shape index (κ1) is 21.3. The predicted octanol–water partition coefficient (Wildman–Crippen LogP) is 2.82. The summed E-state index contributed by atoms with van der Waals surface area (Å²) in [6, 6.07) is 4.17. The van der Waals surface area contributed by atoms with E-state index in [-0.39, 0.29) is 24.9 Å². The smallest absolute Gasteiger partial charge is 0.282 e. The Bertz CT molecular complexity index is 758. The highest BCUT2D eigenvalue weighted by molar-refractivity contribution is 5.98. The molecule has 1 heterocycles. The number of hydrogen-bond acceptors (Lipinski definition) is 4. The van der Waals surface area contributed by atoms with Gasteiger partial charge >= 0.3 is 0 Å². The molecule has 1 aromatic rings. The van der Waals surface area contributed by atoms with Gasteiger partial charge in [0.25, 0.3) is 11.8 Å². The number of likely N-dealkylation sites (N-methyl/N-ethyl adjacent to an activating group) is 1. The second kappa shape index (κ2) is 8.55. The van der Waals surface area contributed by atoms with Crippen molar-refractivity contribution in [2.24, 2.45) is 11.8 Å². The first-order valence-electron chi connectivity index (χ1n) is 10.1. The van der Waals surface area contributed by atoms with Crippen molar-refractivity contribution in [3.05, 3.63) is 23.8 Å². The Kier molecular flexibility index (Phi) is 6.29. The molecule has 2 amide bonds. The largest absolute Gasteiger partial charge is 0.491 e. The molecular weight excluding hydrogens is 380 g/mol. The molecule has 29 heavy (non-hydrogen) atoms. The number of rotatable bonds is 9. The second-order valence-electron chi connectivity index (χ2n) is 8.42. The standard InChI is InChI=1S/C21H29F2N3O3/c1-13(2)8-16(20(28)24-3)25-19(27)15-6-7-17(26-11-21(22,23)12-26)18(9-15)29-10-14-4-5-14/h6-7,9,13-14,16H,4-5,8,10-12H2,1-3H3,(H,24,28)(H,25,27)/t16-/m0/s1. The van der Waals surface area contributed by atoms with Crippen LogP contribution in [0.1, 0.15) is 43.5 Å². The average Bonchev–Trinajstić information content (AvgIpc) is 3.47. The molecule has 2 aliphatic rings. The minimum Gasteiger partial charge on any atom is -0.491 e. The number of alkyl halides is 2. The van der Waals surface area contributed by atoms with E-state index in [2.05, 4.69) is 10.6 Å². The summed E-state index contributed by atoms with van der Waals surface area (Å²) in [6.07, 6.45) is 2.71. The van der Waals surface area contributed by atoms with E-state index >= 15 is 0 Å². The van der Waals surface area contributed by atoms with Gasteiger partial charge in [-0.2, -0.15) is 0 Å². The number of carbonyl (C=O) groups excluding carboxylic acids is 2. The van der Waals surface area contributed by atoms with E-state index in [1.807, 2.05) is 13.8 Å². The van der Waals surface area contributed by atoms with Gasteiger partial charge in [-0.25, -0.2) is 8.78 Å². The first-order chi connectivity index (χ1) is 13.7. The minimum atomic E-state index is -2.69. The summed E-state index contributed by atoms with van der Waals surface area (Å²) in [5.41, 5.74) is 0.905. The van der Waals surface area contributed by atoms with Crippen LogP contribution in [-0.4, -0.2) is 50.5 Å². The molecule has 2 N–H and O–H groups in total. The number of hydrogen-bond donors (Lipinski definition) is 2. The molecule has 0 spiro atoms. The molecule has 0 radical (unpaired) electrons. The van der Waals surface area contributed by atoms with Gasteiger partial charge in [-0.05, 0) is 49.3 Å². The maximum absolute atomic E-state index is 13.3. The van der Waals surface area contributed by atoms with Gasteiger partial charge in [0.15, 0.2) is 0 Å². The number of ether oxygens (including phenoxy) is 1. The maximum Gasteiger partial charge on any atom is 0.282 e. The quantitative estimate of drug-likeness (QED) is 0.658. The number of nitrogens with zero attached hydrogens (tertiary/aromatic N) is 1. The summed E-state index contributed by atoms with van der Waals surface area (Å²) in [6.45, 7) is 3.75. The zero-order valence-electron chi connectivity index (χ0n) is 17.1. The van der Waals surface area contributed by atoms with Gasteiger partial charge in [0.1, 0.15) is 11.8 Å². The van der Waals surface area contributed by atoms with E-state index in [4.69, 9.17) is 4.74 Å². The summed E-state index contributed by atoms with van der Waals surface area (Å²) >= 11 is 0. The van der Waals surface area contributed by atoms with Crippen LogP contribution in [0.25, 0.3) is 0 Å². The van der Waals surface area contributed by atoms with E-state index in [1.54, 1.807) is 23.1 Å². The summed E-state index contributed by atoms with van der Waals surface area (Å²) in [5, 5.41) is 5.34. The fourth-order valence-electron chi connectivity index (χ4n) is 3.33. The van der Waals surface area contributed by atoms with Crippen LogP contribution in [0.15, 0.2) is 18.2 Å². The number of nitrogens with one attached hydrogen (secondary N) is 2. The van der Waals surface area contributed by atoms with Gasteiger partial charge in [-0.3, -0.25) is 9.59 Å². The normalized spacial score (nSPS) is 18.8. The number of amides is 2. The third kappa shape index (κ3) is 5.58. The zero-order chi connectivity index (χ0) is 21.2. The van der Waals surface area contributed by atoms with Crippen LogP contribution in [0.3, 0.4) is 0 Å². The Labute approximate surface area is 170 Å². The van der Waals surface area contributed by atoms with Crippen LogP contribution in [0.4, 0.5) is 14.5 Å². The Morgan fingerprint density at radius 3 is 2.52 bits per heavy atom. The number of benzene rings is 1. The molecule has 1 saturated heterocycles. The van der Waals surface area contributed by atoms with Gasteiger partial charge in [0, 0.05) is 12.6 Å². The van der Waals surface area contributed by atoms with E-state index in [0.29, 0.717) is 35.9 Å². The van der Waals surface area contributed by atoms with Crippen molar-refractivity contribution in [3.8, 4) is 5.75 Å². The van der Waals surface area contributed by atoms with E-state index < -0.39 is 17.9 Å². The van der Waals surface area contributed by atoms with Gasteiger partial charge in [0.05, 0.1) is 25.4 Å². The third-order valence-electron chi connectivity index (χ3n) is 5.15. The molecule has 0 unspecified atom stereocenters. The maximum atomic E-state index is 13.3. The van der Waals surface area contributed by atoms with Crippen LogP contribution in [0.5, 0.6) is 5.75 Å². The van der Waals surface area contributed by atoms with Crippen LogP contribution in [0.2, 0.25) is 0 Å². The van der Waals surface area contributed by atoms with Crippen LogP contribution >= 0.6 is 0 Å². The summed E-state index contributed by atoms with van der Waals surface area (Å²) < 4.78 is 32.5. The molecule has 2 fully saturated rings. The van der Waals surface area contributed by atoms with Crippen LogP contribution < -0.4 is 20.3 Å². The summed E-state index contributed by atoms with van der Waals surface area (Å²) in [7, 11) is 1.53. The van der Waals surface area contributed by atoms with E-state index in [9.17, 15) is 18.4 Å². The molecule has 0 bridgehead atoms. The van der Waals surface area contributed by atoms with Crippen molar-refractivity contribution in [1.29, 1.82) is 0 Å². The molecule has 0 aromatic heterocycles. The number of anilines is 1. The fraction of sp³-hybridized carbons (Fsp3) is 0.619. The highest BCUT2D eigenvalue weighted by Crippen LogP contribution is 2.39. The van der Waals surface area contributed by atoms with Crippen molar-refractivity contribution in [2.45, 2.75) is 45.1 Å². The van der Waals surface area contributed by atoms with E-state index in [0.717, 1.165) is 12.8 Å². The lowest BCUT2D eigenvalue weighted by Crippen LogP contribution is -2.56. The Morgan fingerprint density at radius 2 is 1.97 bits per heavy atom. The summed E-state index contributed by atoms with van der Waals surface area (Å²) in [4.78, 5) is 26.4. The Balaban J connectivity index is 1.76. The second-order valence-corrected chi connectivity index (χ2v) is 8.42. The van der Waals surface area contributed by atoms with Crippen molar-refractivity contribution < 1.29 is 23.1 Å². The average molecular weight is 409 g/mol.